The Kier molecular flexibility index (Phi) is 3.13. The molecule has 1 aromatic rings. The maximum Gasteiger partial charge on any atom is 0.312 e. The number of methoxy groups -OCH3 is 1. The maximum atomic E-state index is 13.1. The standard InChI is InChI=1S/C13H14F2O2/c1-17-12(16)13(5-2-6-13)8-9-3-4-10(14)11(15)7-9/h3-4,7H,2,5-6,8H2,1H3. The molecule has 1 saturated carbocycles. The zero-order chi connectivity index (χ0) is 12.5. The zero-order valence-electron chi connectivity index (χ0n) is 9.63. The molecule has 0 bridgehead atoms. The molecular weight excluding hydrogens is 226 g/mol. The lowest BCUT2D eigenvalue weighted by molar-refractivity contribution is -0.158. The van der Waals surface area contributed by atoms with Crippen LogP contribution < -0.4 is 0 Å². The van der Waals surface area contributed by atoms with Crippen molar-refractivity contribution in [3.05, 3.63) is 35.4 Å². The highest BCUT2D eigenvalue weighted by Gasteiger charge is 2.45. The minimum absolute atomic E-state index is 0.256. The van der Waals surface area contributed by atoms with Crippen LogP contribution in [0.1, 0.15) is 24.8 Å². The van der Waals surface area contributed by atoms with Gasteiger partial charge in [-0.15, -0.1) is 0 Å². The molecule has 1 aromatic carbocycles. The van der Waals surface area contributed by atoms with Gasteiger partial charge in [0, 0.05) is 0 Å². The molecule has 0 radical (unpaired) electrons. The highest BCUT2D eigenvalue weighted by molar-refractivity contribution is 5.78. The normalized spacial score (nSPS) is 17.4. The third kappa shape index (κ3) is 2.16. The van der Waals surface area contributed by atoms with E-state index >= 15 is 0 Å². The Bertz CT molecular complexity index is 439. The van der Waals surface area contributed by atoms with Crippen molar-refractivity contribution >= 4 is 5.97 Å². The Hall–Kier alpha value is -1.45. The number of halogens is 2. The van der Waals surface area contributed by atoms with E-state index in [4.69, 9.17) is 4.74 Å². The highest BCUT2D eigenvalue weighted by atomic mass is 19.2. The van der Waals surface area contributed by atoms with E-state index in [1.165, 1.54) is 13.2 Å². The second kappa shape index (κ2) is 4.43. The molecule has 0 atom stereocenters. The molecule has 0 heterocycles. The second-order valence-corrected chi connectivity index (χ2v) is 4.55. The van der Waals surface area contributed by atoms with Gasteiger partial charge in [0.15, 0.2) is 11.6 Å². The summed E-state index contributed by atoms with van der Waals surface area (Å²) in [5.74, 6) is -2.00. The molecule has 0 spiro atoms. The van der Waals surface area contributed by atoms with Crippen LogP contribution in [0, 0.1) is 17.0 Å². The first-order valence-electron chi connectivity index (χ1n) is 5.60. The molecule has 92 valence electrons. The number of rotatable bonds is 3. The van der Waals surface area contributed by atoms with E-state index in [0.717, 1.165) is 31.4 Å². The fourth-order valence-corrected chi connectivity index (χ4v) is 2.31. The number of ether oxygens (including phenoxy) is 1. The molecule has 0 unspecified atom stereocenters. The summed E-state index contributed by atoms with van der Waals surface area (Å²) in [7, 11) is 1.35. The summed E-state index contributed by atoms with van der Waals surface area (Å²) in [6, 6.07) is 3.76. The first kappa shape index (κ1) is 12.0. The van der Waals surface area contributed by atoms with Crippen molar-refractivity contribution in [2.45, 2.75) is 25.7 Å². The number of carbonyl (C=O) groups excluding carboxylic acids is 1. The van der Waals surface area contributed by atoms with E-state index in [2.05, 4.69) is 0 Å². The Labute approximate surface area is 98.6 Å². The van der Waals surface area contributed by atoms with Gasteiger partial charge in [0.25, 0.3) is 0 Å². The molecular formula is C13H14F2O2. The second-order valence-electron chi connectivity index (χ2n) is 4.55. The lowest BCUT2D eigenvalue weighted by atomic mass is 9.65. The summed E-state index contributed by atoms with van der Waals surface area (Å²) in [4.78, 5) is 11.7. The van der Waals surface area contributed by atoms with E-state index in [-0.39, 0.29) is 5.97 Å². The van der Waals surface area contributed by atoms with Crippen molar-refractivity contribution in [2.75, 3.05) is 7.11 Å². The minimum Gasteiger partial charge on any atom is -0.469 e. The molecule has 1 aliphatic carbocycles. The van der Waals surface area contributed by atoms with E-state index in [9.17, 15) is 13.6 Å². The lowest BCUT2D eigenvalue weighted by Gasteiger charge is -2.39. The molecule has 17 heavy (non-hydrogen) atoms. The molecule has 4 heteroatoms. The fourth-order valence-electron chi connectivity index (χ4n) is 2.31. The van der Waals surface area contributed by atoms with Crippen LogP contribution >= 0.6 is 0 Å². The van der Waals surface area contributed by atoms with E-state index in [0.29, 0.717) is 12.0 Å². The van der Waals surface area contributed by atoms with Crippen molar-refractivity contribution in [3.63, 3.8) is 0 Å². The predicted molar refractivity (Wildman–Crippen MR) is 58.4 cm³/mol. The van der Waals surface area contributed by atoms with Crippen molar-refractivity contribution < 1.29 is 18.3 Å². The van der Waals surface area contributed by atoms with Gasteiger partial charge < -0.3 is 4.74 Å². The van der Waals surface area contributed by atoms with Crippen LogP contribution in [0.3, 0.4) is 0 Å². The van der Waals surface area contributed by atoms with E-state index in [1.807, 2.05) is 0 Å². The molecule has 0 amide bonds. The smallest absolute Gasteiger partial charge is 0.312 e. The third-order valence-corrected chi connectivity index (χ3v) is 3.46. The van der Waals surface area contributed by atoms with Crippen LogP contribution in [0.25, 0.3) is 0 Å². The van der Waals surface area contributed by atoms with Gasteiger partial charge in [-0.05, 0) is 37.0 Å². The Morgan fingerprint density at radius 1 is 1.35 bits per heavy atom. The number of carbonyl (C=O) groups is 1. The fraction of sp³-hybridized carbons (Fsp3) is 0.462. The number of hydrogen-bond donors (Lipinski definition) is 0. The molecule has 0 aliphatic heterocycles. The highest BCUT2D eigenvalue weighted by Crippen LogP contribution is 2.44. The van der Waals surface area contributed by atoms with Gasteiger partial charge in [-0.1, -0.05) is 12.5 Å². The van der Waals surface area contributed by atoms with E-state index < -0.39 is 17.0 Å². The molecule has 2 nitrogen and oxygen atoms in total. The van der Waals surface area contributed by atoms with Crippen molar-refractivity contribution in [2.24, 2.45) is 5.41 Å². The van der Waals surface area contributed by atoms with Crippen LogP contribution in [-0.4, -0.2) is 13.1 Å². The quantitative estimate of drug-likeness (QED) is 0.759. The van der Waals surface area contributed by atoms with Gasteiger partial charge in [-0.25, -0.2) is 8.78 Å². The van der Waals surface area contributed by atoms with Gasteiger partial charge in [-0.2, -0.15) is 0 Å². The topological polar surface area (TPSA) is 26.3 Å². The zero-order valence-corrected chi connectivity index (χ0v) is 9.63. The average molecular weight is 240 g/mol. The first-order chi connectivity index (χ1) is 8.07. The summed E-state index contributed by atoms with van der Waals surface area (Å²) in [5.41, 5.74) is 0.105. The predicted octanol–water partition coefficient (Wildman–Crippen LogP) is 2.85. The van der Waals surface area contributed by atoms with Crippen molar-refractivity contribution in [1.82, 2.24) is 0 Å². The number of esters is 1. The maximum absolute atomic E-state index is 13.1. The van der Waals surface area contributed by atoms with Gasteiger partial charge in [0.1, 0.15) is 0 Å². The summed E-state index contributed by atoms with van der Waals surface area (Å²) < 4.78 is 30.6. The summed E-state index contributed by atoms with van der Waals surface area (Å²) >= 11 is 0. The van der Waals surface area contributed by atoms with Crippen LogP contribution in [0.5, 0.6) is 0 Å². The van der Waals surface area contributed by atoms with Crippen LogP contribution in [0.4, 0.5) is 8.78 Å². The summed E-state index contributed by atoms with van der Waals surface area (Å²) in [6.45, 7) is 0. The number of hydrogen-bond acceptors (Lipinski definition) is 2. The average Bonchev–Trinajstić information content (AvgIpc) is 2.27. The van der Waals surface area contributed by atoms with Crippen LogP contribution in [-0.2, 0) is 16.0 Å². The van der Waals surface area contributed by atoms with Crippen LogP contribution in [0.15, 0.2) is 18.2 Å². The van der Waals surface area contributed by atoms with Crippen molar-refractivity contribution in [3.8, 4) is 0 Å². The molecule has 0 aromatic heterocycles. The van der Waals surface area contributed by atoms with E-state index in [1.54, 1.807) is 0 Å². The summed E-state index contributed by atoms with van der Waals surface area (Å²) in [6.07, 6.45) is 2.88. The van der Waals surface area contributed by atoms with Gasteiger partial charge in [-0.3, -0.25) is 4.79 Å². The van der Waals surface area contributed by atoms with Crippen molar-refractivity contribution in [1.29, 1.82) is 0 Å². The molecule has 1 fully saturated rings. The van der Waals surface area contributed by atoms with Gasteiger partial charge in [0.2, 0.25) is 0 Å². The third-order valence-electron chi connectivity index (χ3n) is 3.46. The monoisotopic (exact) mass is 240 g/mol. The SMILES string of the molecule is COC(=O)C1(Cc2ccc(F)c(F)c2)CCC1. The largest absolute Gasteiger partial charge is 0.469 e. The molecule has 1 aliphatic rings. The Morgan fingerprint density at radius 2 is 2.06 bits per heavy atom. The Balaban J connectivity index is 2.18. The van der Waals surface area contributed by atoms with Gasteiger partial charge in [0.05, 0.1) is 12.5 Å². The molecule has 2 rings (SSSR count). The lowest BCUT2D eigenvalue weighted by Crippen LogP contribution is -2.40. The summed E-state index contributed by atoms with van der Waals surface area (Å²) in [5, 5.41) is 0. The van der Waals surface area contributed by atoms with Gasteiger partial charge >= 0.3 is 5.97 Å². The van der Waals surface area contributed by atoms with Crippen LogP contribution in [0.2, 0.25) is 0 Å². The number of benzene rings is 1. The molecule has 0 saturated heterocycles. The minimum atomic E-state index is -0.873. The Morgan fingerprint density at radius 3 is 2.53 bits per heavy atom. The molecule has 0 N–H and O–H groups in total. The first-order valence-corrected chi connectivity index (χ1v) is 5.60.